The van der Waals surface area contributed by atoms with Gasteiger partial charge >= 0.3 is 5.69 Å². The second kappa shape index (κ2) is 6.72. The summed E-state index contributed by atoms with van der Waals surface area (Å²) in [4.78, 5) is 39.8. The van der Waals surface area contributed by atoms with Crippen molar-refractivity contribution in [3.63, 3.8) is 0 Å². The van der Waals surface area contributed by atoms with Crippen LogP contribution < -0.4 is 15.9 Å². The SMILES string of the molecule is C=CC(=O)N(C)c1ccc(C(=O)Nc2ccc3[nH]c(=O)n(C)c3c2)cc1. The van der Waals surface area contributed by atoms with Crippen LogP contribution >= 0.6 is 0 Å². The number of rotatable bonds is 4. The molecule has 0 saturated heterocycles. The molecule has 0 aliphatic rings. The standard InChI is InChI=1S/C19H18N4O3/c1-4-17(24)22(2)14-8-5-12(6-9-14)18(25)20-13-7-10-15-16(11-13)23(3)19(26)21-15/h4-11H,1H2,2-3H3,(H,20,25)(H,21,26). The fourth-order valence-electron chi connectivity index (χ4n) is 2.60. The van der Waals surface area contributed by atoms with Gasteiger partial charge < -0.3 is 15.2 Å². The van der Waals surface area contributed by atoms with Crippen LogP contribution in [0.2, 0.25) is 0 Å². The van der Waals surface area contributed by atoms with Gasteiger partial charge in [-0.1, -0.05) is 6.58 Å². The molecule has 0 aliphatic carbocycles. The number of hydrogen-bond donors (Lipinski definition) is 2. The van der Waals surface area contributed by atoms with E-state index in [1.54, 1.807) is 56.6 Å². The highest BCUT2D eigenvalue weighted by molar-refractivity contribution is 6.06. The molecule has 0 aliphatic heterocycles. The van der Waals surface area contributed by atoms with Crippen molar-refractivity contribution in [2.45, 2.75) is 0 Å². The molecule has 0 spiro atoms. The zero-order valence-corrected chi connectivity index (χ0v) is 14.4. The second-order valence-corrected chi connectivity index (χ2v) is 5.82. The third kappa shape index (κ3) is 3.14. The lowest BCUT2D eigenvalue weighted by Crippen LogP contribution is -2.23. The number of benzene rings is 2. The molecular formula is C19H18N4O3. The van der Waals surface area contributed by atoms with Gasteiger partial charge in [-0.15, -0.1) is 0 Å². The number of fused-ring (bicyclic) bond motifs is 1. The molecule has 2 amide bonds. The van der Waals surface area contributed by atoms with E-state index < -0.39 is 0 Å². The van der Waals surface area contributed by atoms with E-state index in [-0.39, 0.29) is 17.5 Å². The average molecular weight is 350 g/mol. The first-order valence-corrected chi connectivity index (χ1v) is 7.91. The van der Waals surface area contributed by atoms with E-state index in [1.807, 2.05) is 0 Å². The Labute approximate surface area is 149 Å². The molecule has 1 heterocycles. The molecule has 0 fully saturated rings. The normalized spacial score (nSPS) is 10.5. The minimum absolute atomic E-state index is 0.211. The molecule has 2 N–H and O–H groups in total. The zero-order chi connectivity index (χ0) is 18.8. The average Bonchev–Trinajstić information content (AvgIpc) is 2.94. The highest BCUT2D eigenvalue weighted by atomic mass is 16.2. The van der Waals surface area contributed by atoms with E-state index in [0.717, 1.165) is 0 Å². The smallest absolute Gasteiger partial charge is 0.322 e. The Balaban J connectivity index is 1.79. The lowest BCUT2D eigenvalue weighted by Gasteiger charge is -2.15. The van der Waals surface area contributed by atoms with E-state index in [1.165, 1.54) is 15.5 Å². The van der Waals surface area contributed by atoms with Gasteiger partial charge in [0.15, 0.2) is 0 Å². The van der Waals surface area contributed by atoms with Gasteiger partial charge in [-0.25, -0.2) is 4.79 Å². The zero-order valence-electron chi connectivity index (χ0n) is 14.4. The van der Waals surface area contributed by atoms with Crippen molar-refractivity contribution in [1.29, 1.82) is 0 Å². The summed E-state index contributed by atoms with van der Waals surface area (Å²) in [7, 11) is 3.29. The number of imidazole rings is 1. The Bertz CT molecular complexity index is 1060. The number of likely N-dealkylation sites (N-methyl/N-ethyl adjacent to an activating group) is 1. The third-order valence-corrected chi connectivity index (χ3v) is 4.19. The van der Waals surface area contributed by atoms with Gasteiger partial charge in [0, 0.05) is 31.0 Å². The summed E-state index contributed by atoms with van der Waals surface area (Å²) in [6.07, 6.45) is 1.23. The monoisotopic (exact) mass is 350 g/mol. The van der Waals surface area contributed by atoms with Crippen molar-refractivity contribution in [3.05, 3.63) is 71.2 Å². The molecular weight excluding hydrogens is 332 g/mol. The Morgan fingerprint density at radius 2 is 1.88 bits per heavy atom. The van der Waals surface area contributed by atoms with Gasteiger partial charge in [0.1, 0.15) is 0 Å². The third-order valence-electron chi connectivity index (χ3n) is 4.19. The molecule has 26 heavy (non-hydrogen) atoms. The summed E-state index contributed by atoms with van der Waals surface area (Å²) >= 11 is 0. The molecule has 0 radical (unpaired) electrons. The minimum atomic E-state index is -0.283. The van der Waals surface area contributed by atoms with Crippen LogP contribution in [0.25, 0.3) is 11.0 Å². The van der Waals surface area contributed by atoms with Gasteiger partial charge in [-0.2, -0.15) is 0 Å². The molecule has 7 nitrogen and oxygen atoms in total. The highest BCUT2D eigenvalue weighted by Gasteiger charge is 2.11. The summed E-state index contributed by atoms with van der Waals surface area (Å²) in [6, 6.07) is 11.9. The number of H-pyrrole nitrogens is 1. The first-order chi connectivity index (χ1) is 12.4. The molecule has 3 rings (SSSR count). The van der Waals surface area contributed by atoms with Crippen molar-refractivity contribution in [1.82, 2.24) is 9.55 Å². The number of carbonyl (C=O) groups is 2. The Morgan fingerprint density at radius 3 is 2.54 bits per heavy atom. The lowest BCUT2D eigenvalue weighted by atomic mass is 10.1. The first kappa shape index (κ1) is 17.2. The molecule has 3 aromatic rings. The van der Waals surface area contributed by atoms with Crippen molar-refractivity contribution in [3.8, 4) is 0 Å². The second-order valence-electron chi connectivity index (χ2n) is 5.82. The fraction of sp³-hybridized carbons (Fsp3) is 0.105. The van der Waals surface area contributed by atoms with Gasteiger partial charge in [0.05, 0.1) is 11.0 Å². The summed E-state index contributed by atoms with van der Waals surface area (Å²) in [6.45, 7) is 3.45. The van der Waals surface area contributed by atoms with Crippen LogP contribution in [0.1, 0.15) is 10.4 Å². The van der Waals surface area contributed by atoms with Crippen LogP contribution in [0.3, 0.4) is 0 Å². The van der Waals surface area contributed by atoms with Crippen molar-refractivity contribution < 1.29 is 9.59 Å². The summed E-state index contributed by atoms with van der Waals surface area (Å²) in [5.41, 5.74) is 2.89. The van der Waals surface area contributed by atoms with Gasteiger partial charge in [0.2, 0.25) is 5.91 Å². The van der Waals surface area contributed by atoms with E-state index in [0.29, 0.717) is 28.0 Å². The van der Waals surface area contributed by atoms with Gasteiger partial charge in [-0.3, -0.25) is 14.2 Å². The van der Waals surface area contributed by atoms with Crippen LogP contribution in [-0.4, -0.2) is 28.4 Å². The number of anilines is 2. The molecule has 0 bridgehead atoms. The van der Waals surface area contributed by atoms with Gasteiger partial charge in [-0.05, 0) is 48.5 Å². The number of carbonyl (C=O) groups excluding carboxylic acids is 2. The van der Waals surface area contributed by atoms with Crippen LogP contribution in [0.4, 0.5) is 11.4 Å². The van der Waals surface area contributed by atoms with Crippen LogP contribution in [0.15, 0.2) is 59.9 Å². The number of aryl methyl sites for hydroxylation is 1. The molecule has 1 aromatic heterocycles. The maximum atomic E-state index is 12.4. The number of nitrogens with zero attached hydrogens (tertiary/aromatic N) is 2. The number of amides is 2. The van der Waals surface area contributed by atoms with Gasteiger partial charge in [0.25, 0.3) is 5.91 Å². The van der Waals surface area contributed by atoms with E-state index >= 15 is 0 Å². The number of aromatic nitrogens is 2. The quantitative estimate of drug-likeness (QED) is 0.708. The van der Waals surface area contributed by atoms with Crippen LogP contribution in [-0.2, 0) is 11.8 Å². The van der Waals surface area contributed by atoms with E-state index in [2.05, 4.69) is 16.9 Å². The molecule has 132 valence electrons. The topological polar surface area (TPSA) is 87.2 Å². The Morgan fingerprint density at radius 1 is 1.19 bits per heavy atom. The van der Waals surface area contributed by atoms with Crippen molar-refractivity contribution in [2.24, 2.45) is 7.05 Å². The van der Waals surface area contributed by atoms with Crippen LogP contribution in [0.5, 0.6) is 0 Å². The predicted molar refractivity (Wildman–Crippen MR) is 102 cm³/mol. The molecule has 0 atom stereocenters. The Hall–Kier alpha value is -3.61. The molecule has 2 aromatic carbocycles. The number of hydrogen-bond acceptors (Lipinski definition) is 3. The minimum Gasteiger partial charge on any atom is -0.322 e. The molecule has 0 unspecified atom stereocenters. The maximum Gasteiger partial charge on any atom is 0.326 e. The Kier molecular flexibility index (Phi) is 4.45. The summed E-state index contributed by atoms with van der Waals surface area (Å²) in [5, 5.41) is 2.80. The van der Waals surface area contributed by atoms with E-state index in [4.69, 9.17) is 0 Å². The maximum absolute atomic E-state index is 12.4. The number of nitrogens with one attached hydrogen (secondary N) is 2. The molecule has 7 heteroatoms. The van der Waals surface area contributed by atoms with Crippen molar-refractivity contribution >= 4 is 34.2 Å². The predicted octanol–water partition coefficient (Wildman–Crippen LogP) is 2.27. The van der Waals surface area contributed by atoms with Crippen LogP contribution in [0, 0.1) is 0 Å². The largest absolute Gasteiger partial charge is 0.326 e. The number of aromatic amines is 1. The fourth-order valence-corrected chi connectivity index (χ4v) is 2.60. The summed E-state index contributed by atoms with van der Waals surface area (Å²) < 4.78 is 1.48. The first-order valence-electron chi connectivity index (χ1n) is 7.91. The van der Waals surface area contributed by atoms with Crippen molar-refractivity contribution in [2.75, 3.05) is 17.3 Å². The summed E-state index contributed by atoms with van der Waals surface area (Å²) in [5.74, 6) is -0.512. The molecule has 0 saturated carbocycles. The van der Waals surface area contributed by atoms with E-state index in [9.17, 15) is 14.4 Å². The lowest BCUT2D eigenvalue weighted by molar-refractivity contribution is -0.113. The highest BCUT2D eigenvalue weighted by Crippen LogP contribution is 2.18.